The van der Waals surface area contributed by atoms with Crippen LogP contribution in [-0.2, 0) is 5.54 Å². The van der Waals surface area contributed by atoms with Crippen molar-refractivity contribution in [2.75, 3.05) is 13.4 Å². The lowest BCUT2D eigenvalue weighted by Crippen LogP contribution is -2.41. The predicted molar refractivity (Wildman–Crippen MR) is 100 cm³/mol. The van der Waals surface area contributed by atoms with Crippen LogP contribution in [0.4, 0.5) is 0 Å². The fraction of sp³-hybridized carbons (Fsp3) is 0.263. The summed E-state index contributed by atoms with van der Waals surface area (Å²) in [5.41, 5.74) is 1.53. The standard InChI is InChI=1S/C19H21N3O2S/c1-19(2,13-9-5-6-11-15(13)24-3)21-17(23)16-14-10-7-8-12-22(14)18(20-16)25-4/h5-12H,1-4H3,(H,21,23). The third-order valence-electron chi connectivity index (χ3n) is 4.12. The number of benzene rings is 1. The summed E-state index contributed by atoms with van der Waals surface area (Å²) < 4.78 is 7.36. The minimum absolute atomic E-state index is 0.208. The first-order valence-electron chi connectivity index (χ1n) is 7.95. The molecule has 1 N–H and O–H groups in total. The molecule has 1 amide bonds. The van der Waals surface area contributed by atoms with Gasteiger partial charge in [-0.1, -0.05) is 36.0 Å². The Morgan fingerprint density at radius 1 is 1.20 bits per heavy atom. The summed E-state index contributed by atoms with van der Waals surface area (Å²) >= 11 is 1.51. The van der Waals surface area contributed by atoms with Gasteiger partial charge in [0.25, 0.3) is 5.91 Å². The molecule has 0 saturated heterocycles. The van der Waals surface area contributed by atoms with E-state index in [0.29, 0.717) is 5.69 Å². The number of methoxy groups -OCH3 is 1. The van der Waals surface area contributed by atoms with Crippen molar-refractivity contribution in [2.45, 2.75) is 24.5 Å². The van der Waals surface area contributed by atoms with E-state index in [4.69, 9.17) is 4.74 Å². The average Bonchev–Trinajstić information content (AvgIpc) is 3.00. The first kappa shape index (κ1) is 17.4. The van der Waals surface area contributed by atoms with Gasteiger partial charge in [0.05, 0.1) is 18.2 Å². The number of nitrogens with one attached hydrogen (secondary N) is 1. The Morgan fingerprint density at radius 2 is 1.92 bits per heavy atom. The fourth-order valence-electron chi connectivity index (χ4n) is 2.89. The van der Waals surface area contributed by atoms with E-state index in [1.54, 1.807) is 7.11 Å². The molecule has 0 fully saturated rings. The zero-order valence-corrected chi connectivity index (χ0v) is 15.6. The minimum Gasteiger partial charge on any atom is -0.496 e. The molecular weight excluding hydrogens is 334 g/mol. The first-order valence-corrected chi connectivity index (χ1v) is 9.17. The van der Waals surface area contributed by atoms with Crippen LogP contribution in [0.1, 0.15) is 29.9 Å². The lowest BCUT2D eigenvalue weighted by Gasteiger charge is -2.28. The molecule has 2 heterocycles. The van der Waals surface area contributed by atoms with Gasteiger partial charge in [0.1, 0.15) is 5.75 Å². The predicted octanol–water partition coefficient (Wildman–Crippen LogP) is 3.73. The molecule has 3 rings (SSSR count). The number of amides is 1. The zero-order chi connectivity index (χ0) is 18.0. The van der Waals surface area contributed by atoms with Gasteiger partial charge in [0, 0.05) is 11.8 Å². The van der Waals surface area contributed by atoms with Crippen LogP contribution in [0.25, 0.3) is 5.52 Å². The molecule has 0 radical (unpaired) electrons. The smallest absolute Gasteiger partial charge is 0.272 e. The monoisotopic (exact) mass is 355 g/mol. The van der Waals surface area contributed by atoms with E-state index in [1.807, 2.05) is 73.2 Å². The number of hydrogen-bond donors (Lipinski definition) is 1. The number of pyridine rings is 1. The van der Waals surface area contributed by atoms with Crippen molar-refractivity contribution >= 4 is 23.2 Å². The molecule has 0 spiro atoms. The molecule has 0 atom stereocenters. The Morgan fingerprint density at radius 3 is 2.64 bits per heavy atom. The number of imidazole rings is 1. The number of fused-ring (bicyclic) bond motifs is 1. The van der Waals surface area contributed by atoms with Gasteiger partial charge in [-0.25, -0.2) is 4.98 Å². The quantitative estimate of drug-likeness (QED) is 0.709. The second kappa shape index (κ2) is 6.80. The summed E-state index contributed by atoms with van der Waals surface area (Å²) in [6, 6.07) is 13.4. The molecular formula is C19H21N3O2S. The zero-order valence-electron chi connectivity index (χ0n) is 14.7. The van der Waals surface area contributed by atoms with E-state index in [-0.39, 0.29) is 5.91 Å². The summed E-state index contributed by atoms with van der Waals surface area (Å²) in [7, 11) is 1.63. The van der Waals surface area contributed by atoms with Crippen LogP contribution in [0.3, 0.4) is 0 Å². The summed E-state index contributed by atoms with van der Waals surface area (Å²) in [4.78, 5) is 17.5. The maximum atomic E-state index is 12.9. The van der Waals surface area contributed by atoms with Gasteiger partial charge in [0.2, 0.25) is 0 Å². The maximum absolute atomic E-state index is 12.9. The number of carbonyl (C=O) groups excluding carboxylic acids is 1. The van der Waals surface area contributed by atoms with Crippen LogP contribution in [0.15, 0.2) is 53.8 Å². The van der Waals surface area contributed by atoms with Crippen molar-refractivity contribution in [3.63, 3.8) is 0 Å². The van der Waals surface area contributed by atoms with Crippen molar-refractivity contribution in [1.82, 2.24) is 14.7 Å². The van der Waals surface area contributed by atoms with E-state index < -0.39 is 5.54 Å². The van der Waals surface area contributed by atoms with Crippen LogP contribution in [0, 0.1) is 0 Å². The van der Waals surface area contributed by atoms with E-state index >= 15 is 0 Å². The van der Waals surface area contributed by atoms with Gasteiger partial charge in [0.15, 0.2) is 10.9 Å². The molecule has 1 aromatic carbocycles. The lowest BCUT2D eigenvalue weighted by molar-refractivity contribution is 0.0908. The van der Waals surface area contributed by atoms with Crippen molar-refractivity contribution in [2.24, 2.45) is 0 Å². The Kier molecular flexibility index (Phi) is 4.72. The molecule has 0 unspecified atom stereocenters. The van der Waals surface area contributed by atoms with E-state index in [1.165, 1.54) is 11.8 Å². The number of hydrogen-bond acceptors (Lipinski definition) is 4. The van der Waals surface area contributed by atoms with E-state index in [9.17, 15) is 4.79 Å². The number of ether oxygens (including phenoxy) is 1. The van der Waals surface area contributed by atoms with Crippen LogP contribution in [0.5, 0.6) is 5.75 Å². The molecule has 0 aliphatic carbocycles. The number of aromatic nitrogens is 2. The Bertz CT molecular complexity index is 918. The number of nitrogens with zero attached hydrogens (tertiary/aromatic N) is 2. The molecule has 130 valence electrons. The van der Waals surface area contributed by atoms with Crippen LogP contribution < -0.4 is 10.1 Å². The largest absolute Gasteiger partial charge is 0.496 e. The topological polar surface area (TPSA) is 55.6 Å². The van der Waals surface area contributed by atoms with Crippen LogP contribution >= 0.6 is 11.8 Å². The second-order valence-electron chi connectivity index (χ2n) is 6.18. The van der Waals surface area contributed by atoms with Crippen molar-refractivity contribution in [3.05, 3.63) is 59.9 Å². The highest BCUT2D eigenvalue weighted by Crippen LogP contribution is 2.30. The molecule has 3 aromatic rings. The number of rotatable bonds is 5. The maximum Gasteiger partial charge on any atom is 0.272 e. The lowest BCUT2D eigenvalue weighted by atomic mass is 9.93. The van der Waals surface area contributed by atoms with Gasteiger partial charge < -0.3 is 10.1 Å². The van der Waals surface area contributed by atoms with Crippen LogP contribution in [-0.4, -0.2) is 28.7 Å². The normalized spacial score (nSPS) is 11.5. The molecule has 25 heavy (non-hydrogen) atoms. The van der Waals surface area contributed by atoms with Crippen molar-refractivity contribution in [1.29, 1.82) is 0 Å². The SMILES string of the molecule is COc1ccccc1C(C)(C)NC(=O)c1nc(SC)n2ccccc12. The first-order chi connectivity index (χ1) is 12.0. The van der Waals surface area contributed by atoms with Gasteiger partial charge >= 0.3 is 0 Å². The van der Waals surface area contributed by atoms with E-state index in [2.05, 4.69) is 10.3 Å². The highest BCUT2D eigenvalue weighted by molar-refractivity contribution is 7.98. The minimum atomic E-state index is -0.603. The summed E-state index contributed by atoms with van der Waals surface area (Å²) in [6.45, 7) is 3.91. The van der Waals surface area contributed by atoms with Gasteiger partial charge in [-0.05, 0) is 38.3 Å². The molecule has 2 aromatic heterocycles. The summed E-state index contributed by atoms with van der Waals surface area (Å²) in [5.74, 6) is 0.534. The molecule has 6 heteroatoms. The number of carbonyl (C=O) groups is 1. The van der Waals surface area contributed by atoms with Gasteiger partial charge in [-0.3, -0.25) is 9.20 Å². The average molecular weight is 355 g/mol. The number of para-hydroxylation sites is 1. The third kappa shape index (κ3) is 3.22. The molecule has 5 nitrogen and oxygen atoms in total. The summed E-state index contributed by atoms with van der Waals surface area (Å²) in [6.07, 6.45) is 3.86. The molecule has 0 bridgehead atoms. The van der Waals surface area contributed by atoms with Crippen LogP contribution in [0.2, 0.25) is 0 Å². The van der Waals surface area contributed by atoms with Crippen molar-refractivity contribution < 1.29 is 9.53 Å². The Balaban J connectivity index is 1.97. The molecule has 0 aliphatic heterocycles. The van der Waals surface area contributed by atoms with Crippen molar-refractivity contribution in [3.8, 4) is 5.75 Å². The molecule has 0 aliphatic rings. The second-order valence-corrected chi connectivity index (χ2v) is 6.96. The fourth-order valence-corrected chi connectivity index (χ4v) is 3.43. The highest BCUT2D eigenvalue weighted by Gasteiger charge is 2.28. The number of thioether (sulfide) groups is 1. The Hall–Kier alpha value is -2.47. The highest BCUT2D eigenvalue weighted by atomic mass is 32.2. The van der Waals surface area contributed by atoms with Gasteiger partial charge in [-0.15, -0.1) is 0 Å². The van der Waals surface area contributed by atoms with E-state index in [0.717, 1.165) is 22.0 Å². The van der Waals surface area contributed by atoms with Gasteiger partial charge in [-0.2, -0.15) is 0 Å². The summed E-state index contributed by atoms with van der Waals surface area (Å²) in [5, 5.41) is 3.88. The molecule has 0 saturated carbocycles. The third-order valence-corrected chi connectivity index (χ3v) is 4.77. The Labute approximate surface area is 151 Å².